The average Bonchev–Trinajstić information content (AvgIpc) is 2.93. The number of esters is 1. The number of hydrogen-bond acceptors (Lipinski definition) is 6. The summed E-state index contributed by atoms with van der Waals surface area (Å²) >= 11 is 0. The Morgan fingerprint density at radius 1 is 1.33 bits per heavy atom. The average molecular weight is 332 g/mol. The van der Waals surface area contributed by atoms with E-state index in [9.17, 15) is 19.7 Å². The molecule has 1 aromatic carbocycles. The summed E-state index contributed by atoms with van der Waals surface area (Å²) in [4.78, 5) is 35.5. The third kappa shape index (κ3) is 3.60. The van der Waals surface area contributed by atoms with E-state index in [-0.39, 0.29) is 17.8 Å². The molecule has 0 saturated heterocycles. The van der Waals surface area contributed by atoms with Crippen LogP contribution in [-0.4, -0.2) is 35.9 Å². The number of non-ortho nitro benzene ring substituents is 1. The second-order valence-electron chi connectivity index (χ2n) is 5.14. The Balaban J connectivity index is 2.16. The second kappa shape index (κ2) is 6.95. The van der Waals surface area contributed by atoms with E-state index in [1.54, 1.807) is 6.92 Å². The number of methoxy groups -OCH3 is 1. The molecule has 8 nitrogen and oxygen atoms in total. The summed E-state index contributed by atoms with van der Waals surface area (Å²) in [6, 6.07) is 6.99. The molecule has 0 bridgehead atoms. The highest BCUT2D eigenvalue weighted by molar-refractivity contribution is 5.94. The Hall–Kier alpha value is -3.16. The summed E-state index contributed by atoms with van der Waals surface area (Å²) in [5.41, 5.74) is 0.336. The number of carbonyl (C=O) groups is 2. The van der Waals surface area contributed by atoms with Crippen molar-refractivity contribution in [1.29, 1.82) is 0 Å². The zero-order valence-corrected chi connectivity index (χ0v) is 13.4. The fraction of sp³-hybridized carbons (Fsp3) is 0.250. The van der Waals surface area contributed by atoms with Crippen molar-refractivity contribution in [2.75, 3.05) is 14.2 Å². The normalized spacial score (nSPS) is 10.3. The van der Waals surface area contributed by atoms with Gasteiger partial charge in [-0.15, -0.1) is 0 Å². The maximum absolute atomic E-state index is 12.4. The van der Waals surface area contributed by atoms with E-state index in [1.165, 1.54) is 49.4 Å². The molecule has 24 heavy (non-hydrogen) atoms. The zero-order valence-electron chi connectivity index (χ0n) is 13.4. The summed E-state index contributed by atoms with van der Waals surface area (Å²) in [7, 11) is 2.81. The van der Waals surface area contributed by atoms with Gasteiger partial charge < -0.3 is 14.1 Å². The Labute approximate surface area is 137 Å². The van der Waals surface area contributed by atoms with Crippen LogP contribution in [0.15, 0.2) is 34.7 Å². The quantitative estimate of drug-likeness (QED) is 0.473. The molecule has 126 valence electrons. The van der Waals surface area contributed by atoms with Crippen molar-refractivity contribution >= 4 is 17.6 Å². The van der Waals surface area contributed by atoms with E-state index in [2.05, 4.69) is 4.74 Å². The minimum Gasteiger partial charge on any atom is -0.465 e. The molecular formula is C16H16N2O6. The highest BCUT2D eigenvalue weighted by Gasteiger charge is 2.19. The van der Waals surface area contributed by atoms with Gasteiger partial charge in [-0.05, 0) is 19.1 Å². The highest BCUT2D eigenvalue weighted by Crippen LogP contribution is 2.19. The van der Waals surface area contributed by atoms with Crippen LogP contribution in [0.3, 0.4) is 0 Å². The van der Waals surface area contributed by atoms with Crippen LogP contribution in [0.25, 0.3) is 0 Å². The minimum absolute atomic E-state index is 0.110. The van der Waals surface area contributed by atoms with Crippen molar-refractivity contribution in [3.8, 4) is 0 Å². The smallest absolute Gasteiger partial charge is 0.341 e. The molecule has 0 saturated carbocycles. The van der Waals surface area contributed by atoms with Crippen LogP contribution in [0, 0.1) is 17.0 Å². The lowest BCUT2D eigenvalue weighted by atomic mass is 10.1. The van der Waals surface area contributed by atoms with Crippen molar-refractivity contribution < 1.29 is 23.7 Å². The van der Waals surface area contributed by atoms with Gasteiger partial charge in [0, 0.05) is 24.7 Å². The standard InChI is InChI=1S/C16H16N2O6/c1-10-14(16(20)23-3)8-13(24-10)9-17(2)15(19)11-5-4-6-12(7-11)18(21)22/h4-8H,9H2,1-3H3. The summed E-state index contributed by atoms with van der Waals surface area (Å²) in [5.74, 6) is -0.107. The van der Waals surface area contributed by atoms with Crippen LogP contribution in [0.2, 0.25) is 0 Å². The second-order valence-corrected chi connectivity index (χ2v) is 5.14. The molecule has 8 heteroatoms. The topological polar surface area (TPSA) is 103 Å². The van der Waals surface area contributed by atoms with Gasteiger partial charge in [-0.1, -0.05) is 6.07 Å². The van der Waals surface area contributed by atoms with Gasteiger partial charge in [0.05, 0.1) is 18.6 Å². The number of amides is 1. The van der Waals surface area contributed by atoms with Gasteiger partial charge in [-0.2, -0.15) is 0 Å². The summed E-state index contributed by atoms with van der Waals surface area (Å²) in [6.07, 6.45) is 0. The number of nitrogens with zero attached hydrogens (tertiary/aromatic N) is 2. The van der Waals surface area contributed by atoms with Gasteiger partial charge in [-0.25, -0.2) is 4.79 Å². The number of aryl methyl sites for hydroxylation is 1. The van der Waals surface area contributed by atoms with E-state index >= 15 is 0 Å². The molecule has 2 rings (SSSR count). The number of benzene rings is 1. The molecule has 0 fully saturated rings. The van der Waals surface area contributed by atoms with Crippen LogP contribution in [0.4, 0.5) is 5.69 Å². The predicted molar refractivity (Wildman–Crippen MR) is 83.7 cm³/mol. The molecule has 1 heterocycles. The summed E-state index contributed by atoms with van der Waals surface area (Å²) in [5, 5.41) is 10.8. The SMILES string of the molecule is COC(=O)c1cc(CN(C)C(=O)c2cccc([N+](=O)[O-])c2)oc1C. The number of carbonyl (C=O) groups excluding carboxylic acids is 2. The van der Waals surface area contributed by atoms with Gasteiger partial charge in [0.15, 0.2) is 0 Å². The van der Waals surface area contributed by atoms with Gasteiger partial charge >= 0.3 is 5.97 Å². The van der Waals surface area contributed by atoms with Gasteiger partial charge in [0.2, 0.25) is 0 Å². The van der Waals surface area contributed by atoms with Crippen LogP contribution in [-0.2, 0) is 11.3 Å². The third-order valence-electron chi connectivity index (χ3n) is 3.42. The lowest BCUT2D eigenvalue weighted by Gasteiger charge is -2.15. The molecule has 1 amide bonds. The number of hydrogen-bond donors (Lipinski definition) is 0. The maximum Gasteiger partial charge on any atom is 0.341 e. The van der Waals surface area contributed by atoms with Gasteiger partial charge in [-0.3, -0.25) is 14.9 Å². The molecule has 0 aliphatic heterocycles. The van der Waals surface area contributed by atoms with Crippen LogP contribution < -0.4 is 0 Å². The number of nitro groups is 1. The highest BCUT2D eigenvalue weighted by atomic mass is 16.6. The van der Waals surface area contributed by atoms with Crippen LogP contribution in [0.5, 0.6) is 0 Å². The Kier molecular flexibility index (Phi) is 4.98. The Morgan fingerprint density at radius 3 is 2.67 bits per heavy atom. The van der Waals surface area contributed by atoms with Crippen LogP contribution >= 0.6 is 0 Å². The zero-order chi connectivity index (χ0) is 17.9. The Morgan fingerprint density at radius 2 is 2.04 bits per heavy atom. The maximum atomic E-state index is 12.4. The first kappa shape index (κ1) is 17.2. The van der Waals surface area contributed by atoms with Crippen molar-refractivity contribution in [3.63, 3.8) is 0 Å². The summed E-state index contributed by atoms with van der Waals surface area (Å²) in [6.45, 7) is 1.73. The number of rotatable bonds is 5. The molecular weight excluding hydrogens is 316 g/mol. The largest absolute Gasteiger partial charge is 0.465 e. The molecule has 0 N–H and O–H groups in total. The first-order valence-electron chi connectivity index (χ1n) is 7.01. The van der Waals surface area contributed by atoms with Crippen LogP contribution in [0.1, 0.15) is 32.2 Å². The fourth-order valence-electron chi connectivity index (χ4n) is 2.21. The first-order valence-corrected chi connectivity index (χ1v) is 7.01. The number of ether oxygens (including phenoxy) is 1. The van der Waals surface area contributed by atoms with Crippen molar-refractivity contribution in [2.45, 2.75) is 13.5 Å². The molecule has 2 aromatic rings. The van der Waals surface area contributed by atoms with Gasteiger partial charge in [0.1, 0.15) is 17.1 Å². The molecule has 0 aliphatic carbocycles. The van der Waals surface area contributed by atoms with Crippen molar-refractivity contribution in [3.05, 3.63) is 63.1 Å². The van der Waals surface area contributed by atoms with E-state index < -0.39 is 16.8 Å². The van der Waals surface area contributed by atoms with E-state index in [1.807, 2.05) is 0 Å². The number of furan rings is 1. The molecule has 0 aliphatic rings. The van der Waals surface area contributed by atoms with E-state index in [0.717, 1.165) is 0 Å². The van der Waals surface area contributed by atoms with E-state index in [4.69, 9.17) is 4.42 Å². The first-order chi connectivity index (χ1) is 11.3. The summed E-state index contributed by atoms with van der Waals surface area (Å²) < 4.78 is 10.1. The van der Waals surface area contributed by atoms with Crippen molar-refractivity contribution in [1.82, 2.24) is 4.90 Å². The van der Waals surface area contributed by atoms with Crippen molar-refractivity contribution in [2.24, 2.45) is 0 Å². The Bertz CT molecular complexity index is 796. The molecule has 0 radical (unpaired) electrons. The molecule has 0 spiro atoms. The molecule has 0 unspecified atom stereocenters. The lowest BCUT2D eigenvalue weighted by molar-refractivity contribution is -0.384. The molecule has 0 atom stereocenters. The van der Waals surface area contributed by atoms with Gasteiger partial charge in [0.25, 0.3) is 11.6 Å². The lowest BCUT2D eigenvalue weighted by Crippen LogP contribution is -2.26. The predicted octanol–water partition coefficient (Wildman–Crippen LogP) is 2.56. The molecule has 1 aromatic heterocycles. The third-order valence-corrected chi connectivity index (χ3v) is 3.42. The fourth-order valence-corrected chi connectivity index (χ4v) is 2.21. The monoisotopic (exact) mass is 332 g/mol. The van der Waals surface area contributed by atoms with E-state index in [0.29, 0.717) is 17.1 Å². The minimum atomic E-state index is -0.560. The number of nitro benzene ring substituents is 1.